The normalized spacial score (nSPS) is 11.8. The number of nitrogens with two attached hydrogens (primary N) is 1. The van der Waals surface area contributed by atoms with Crippen molar-refractivity contribution in [2.75, 3.05) is 6.61 Å². The molecule has 0 aliphatic rings. The van der Waals surface area contributed by atoms with E-state index in [2.05, 4.69) is 17.1 Å². The van der Waals surface area contributed by atoms with Crippen LogP contribution in [-0.2, 0) is 16.1 Å². The van der Waals surface area contributed by atoms with Crippen molar-refractivity contribution in [2.45, 2.75) is 13.5 Å². The van der Waals surface area contributed by atoms with Crippen molar-refractivity contribution in [1.82, 2.24) is 9.55 Å². The summed E-state index contributed by atoms with van der Waals surface area (Å²) in [5.74, 6) is -0.432. The molecule has 0 spiro atoms. The lowest BCUT2D eigenvalue weighted by molar-refractivity contribution is -0.136. The Kier molecular flexibility index (Phi) is 5.54. The Morgan fingerprint density at radius 2 is 2.32 bits per heavy atom. The van der Waals surface area contributed by atoms with Gasteiger partial charge in [0.1, 0.15) is 6.61 Å². The van der Waals surface area contributed by atoms with Crippen LogP contribution < -0.4 is 5.73 Å². The molecule has 2 rings (SSSR count). The van der Waals surface area contributed by atoms with E-state index in [9.17, 15) is 4.79 Å². The summed E-state index contributed by atoms with van der Waals surface area (Å²) in [6.07, 6.45) is 10.5. The smallest absolute Gasteiger partial charge is 0.332 e. The number of nitrogens with zero attached hydrogens (tertiary/aromatic N) is 2. The maximum atomic E-state index is 11.3. The molecule has 0 saturated carbocycles. The minimum atomic E-state index is -0.432. The number of ether oxygens (including phenoxy) is 1. The second-order valence-corrected chi connectivity index (χ2v) is 4.90. The van der Waals surface area contributed by atoms with Crippen molar-refractivity contribution in [3.63, 3.8) is 0 Å². The van der Waals surface area contributed by atoms with E-state index < -0.39 is 5.97 Å². The largest absolute Gasteiger partial charge is 0.458 e. The second-order valence-electron chi connectivity index (χ2n) is 4.90. The molecule has 114 valence electrons. The summed E-state index contributed by atoms with van der Waals surface area (Å²) in [4.78, 5) is 15.3. The van der Waals surface area contributed by atoms with E-state index in [1.165, 1.54) is 11.6 Å². The molecule has 5 nitrogen and oxygen atoms in total. The van der Waals surface area contributed by atoms with E-state index in [1.807, 2.05) is 29.0 Å². The molecule has 1 aromatic carbocycles. The first-order chi connectivity index (χ1) is 10.6. The standard InChI is InChI=1S/C17H19N3O2/c1-14(18)10-17(21)22-9-3-6-15-4-2-5-16(11-15)12-20-8-7-19-13-20/h2-8,10-11,13H,9,12,18H2,1H3. The Labute approximate surface area is 129 Å². The highest BCUT2D eigenvalue weighted by Crippen LogP contribution is 2.09. The Balaban J connectivity index is 1.88. The van der Waals surface area contributed by atoms with Gasteiger partial charge in [-0.3, -0.25) is 0 Å². The van der Waals surface area contributed by atoms with Crippen LogP contribution in [0.1, 0.15) is 18.1 Å². The molecule has 1 heterocycles. The van der Waals surface area contributed by atoms with E-state index in [0.717, 1.165) is 12.1 Å². The number of benzene rings is 1. The lowest BCUT2D eigenvalue weighted by Crippen LogP contribution is -2.04. The fourth-order valence-corrected chi connectivity index (χ4v) is 1.93. The van der Waals surface area contributed by atoms with Crippen molar-refractivity contribution in [1.29, 1.82) is 0 Å². The number of aromatic nitrogens is 2. The Morgan fingerprint density at radius 3 is 3.05 bits per heavy atom. The minimum Gasteiger partial charge on any atom is -0.458 e. The number of hydrogen-bond donors (Lipinski definition) is 1. The number of hydrogen-bond acceptors (Lipinski definition) is 4. The highest BCUT2D eigenvalue weighted by Gasteiger charge is 1.97. The van der Waals surface area contributed by atoms with Gasteiger partial charge in [0.25, 0.3) is 0 Å². The summed E-state index contributed by atoms with van der Waals surface area (Å²) in [7, 11) is 0. The average Bonchev–Trinajstić information content (AvgIpc) is 2.96. The topological polar surface area (TPSA) is 70.1 Å². The van der Waals surface area contributed by atoms with Crippen LogP contribution in [0.25, 0.3) is 6.08 Å². The summed E-state index contributed by atoms with van der Waals surface area (Å²) >= 11 is 0. The van der Waals surface area contributed by atoms with Crippen LogP contribution in [-0.4, -0.2) is 22.1 Å². The quantitative estimate of drug-likeness (QED) is 0.656. The number of esters is 1. The molecule has 0 fully saturated rings. The number of rotatable bonds is 6. The van der Waals surface area contributed by atoms with E-state index >= 15 is 0 Å². The van der Waals surface area contributed by atoms with E-state index in [-0.39, 0.29) is 6.61 Å². The molecule has 5 heteroatoms. The first-order valence-electron chi connectivity index (χ1n) is 6.95. The van der Waals surface area contributed by atoms with Gasteiger partial charge in [0.15, 0.2) is 0 Å². The molecular formula is C17H19N3O2. The third-order valence-electron chi connectivity index (χ3n) is 2.85. The molecular weight excluding hydrogens is 278 g/mol. The maximum absolute atomic E-state index is 11.3. The number of carbonyl (C=O) groups excluding carboxylic acids is 1. The van der Waals surface area contributed by atoms with Gasteiger partial charge in [0, 0.05) is 30.7 Å². The molecule has 0 saturated heterocycles. The van der Waals surface area contributed by atoms with Crippen molar-refractivity contribution in [3.8, 4) is 0 Å². The lowest BCUT2D eigenvalue weighted by atomic mass is 10.1. The Hall–Kier alpha value is -2.82. The fraction of sp³-hybridized carbons (Fsp3) is 0.176. The molecule has 0 atom stereocenters. The molecule has 0 bridgehead atoms. The molecule has 0 aliphatic carbocycles. The van der Waals surface area contributed by atoms with Crippen LogP contribution in [0.3, 0.4) is 0 Å². The monoisotopic (exact) mass is 297 g/mol. The Bertz CT molecular complexity index is 669. The number of allylic oxidation sites excluding steroid dienone is 1. The predicted octanol–water partition coefficient (Wildman–Crippen LogP) is 2.35. The zero-order chi connectivity index (χ0) is 15.8. The van der Waals surface area contributed by atoms with Crippen LogP contribution in [0.2, 0.25) is 0 Å². The van der Waals surface area contributed by atoms with Crippen LogP contribution in [0.5, 0.6) is 0 Å². The SMILES string of the molecule is CC(N)=CC(=O)OCC=Cc1cccc(Cn2ccnc2)c1. The zero-order valence-corrected chi connectivity index (χ0v) is 12.5. The van der Waals surface area contributed by atoms with Gasteiger partial charge in [0.2, 0.25) is 0 Å². The van der Waals surface area contributed by atoms with Gasteiger partial charge in [0.05, 0.1) is 6.33 Å². The minimum absolute atomic E-state index is 0.217. The van der Waals surface area contributed by atoms with Gasteiger partial charge < -0.3 is 15.0 Å². The second kappa shape index (κ2) is 7.83. The van der Waals surface area contributed by atoms with Crippen LogP contribution in [0.15, 0.2) is 60.8 Å². The lowest BCUT2D eigenvalue weighted by Gasteiger charge is -2.03. The summed E-state index contributed by atoms with van der Waals surface area (Å²) in [6.45, 7) is 2.63. The number of carbonyl (C=O) groups is 1. The average molecular weight is 297 g/mol. The van der Waals surface area contributed by atoms with E-state index in [4.69, 9.17) is 10.5 Å². The van der Waals surface area contributed by atoms with Gasteiger partial charge in [-0.25, -0.2) is 9.78 Å². The molecule has 2 N–H and O–H groups in total. The molecule has 0 unspecified atom stereocenters. The summed E-state index contributed by atoms with van der Waals surface area (Å²) < 4.78 is 7.00. The van der Waals surface area contributed by atoms with Gasteiger partial charge >= 0.3 is 5.97 Å². The first kappa shape index (κ1) is 15.6. The van der Waals surface area contributed by atoms with E-state index in [1.54, 1.807) is 25.5 Å². The van der Waals surface area contributed by atoms with Crippen molar-refractivity contribution in [3.05, 3.63) is 72.0 Å². The molecule has 0 radical (unpaired) electrons. The molecule has 1 aromatic heterocycles. The fourth-order valence-electron chi connectivity index (χ4n) is 1.93. The van der Waals surface area contributed by atoms with E-state index in [0.29, 0.717) is 5.70 Å². The van der Waals surface area contributed by atoms with Crippen LogP contribution >= 0.6 is 0 Å². The van der Waals surface area contributed by atoms with Crippen molar-refractivity contribution in [2.24, 2.45) is 5.73 Å². The molecule has 2 aromatic rings. The zero-order valence-electron chi connectivity index (χ0n) is 12.5. The Morgan fingerprint density at radius 1 is 1.45 bits per heavy atom. The highest BCUT2D eigenvalue weighted by atomic mass is 16.5. The molecule has 0 amide bonds. The van der Waals surface area contributed by atoms with Gasteiger partial charge in [-0.1, -0.05) is 24.3 Å². The first-order valence-corrected chi connectivity index (χ1v) is 6.95. The van der Waals surface area contributed by atoms with Gasteiger partial charge in [-0.2, -0.15) is 0 Å². The maximum Gasteiger partial charge on any atom is 0.332 e. The summed E-state index contributed by atoms with van der Waals surface area (Å²) in [5.41, 5.74) is 8.06. The predicted molar refractivity (Wildman–Crippen MR) is 85.7 cm³/mol. The number of imidazole rings is 1. The third-order valence-corrected chi connectivity index (χ3v) is 2.85. The van der Waals surface area contributed by atoms with Crippen LogP contribution in [0.4, 0.5) is 0 Å². The van der Waals surface area contributed by atoms with Gasteiger partial charge in [-0.15, -0.1) is 0 Å². The molecule has 0 aliphatic heterocycles. The van der Waals surface area contributed by atoms with Crippen LogP contribution in [0, 0.1) is 0 Å². The molecule has 22 heavy (non-hydrogen) atoms. The summed E-state index contributed by atoms with van der Waals surface area (Å²) in [5, 5.41) is 0. The summed E-state index contributed by atoms with van der Waals surface area (Å²) in [6, 6.07) is 8.15. The highest BCUT2D eigenvalue weighted by molar-refractivity contribution is 5.82. The van der Waals surface area contributed by atoms with Crippen molar-refractivity contribution >= 4 is 12.0 Å². The third kappa shape index (κ3) is 5.28. The van der Waals surface area contributed by atoms with Crippen molar-refractivity contribution < 1.29 is 9.53 Å². The van der Waals surface area contributed by atoms with Gasteiger partial charge in [-0.05, 0) is 30.2 Å².